The van der Waals surface area contributed by atoms with Gasteiger partial charge in [-0.15, -0.1) is 0 Å². The molecule has 34 heavy (non-hydrogen) atoms. The molecule has 2 aliphatic heterocycles. The number of benzene rings is 2. The molecule has 3 fully saturated rings. The van der Waals surface area contributed by atoms with Crippen LogP contribution in [0.5, 0.6) is 0 Å². The normalized spacial score (nSPS) is 19.0. The van der Waals surface area contributed by atoms with Gasteiger partial charge in [-0.1, -0.05) is 31.7 Å². The van der Waals surface area contributed by atoms with Gasteiger partial charge in [-0.2, -0.15) is 0 Å². The zero-order chi connectivity index (χ0) is 23.0. The van der Waals surface area contributed by atoms with Crippen molar-refractivity contribution >= 4 is 23.4 Å². The van der Waals surface area contributed by atoms with Gasteiger partial charge in [-0.3, -0.25) is 14.4 Å². The number of hydrogen-bond donors (Lipinski definition) is 2. The molecule has 0 radical (unpaired) electrons. The third-order valence-corrected chi connectivity index (χ3v) is 6.54. The van der Waals surface area contributed by atoms with Crippen LogP contribution in [0.15, 0.2) is 48.5 Å². The Labute approximate surface area is 200 Å². The Morgan fingerprint density at radius 1 is 0.912 bits per heavy atom. The van der Waals surface area contributed by atoms with Crippen LogP contribution < -0.4 is 11.1 Å². The third-order valence-electron chi connectivity index (χ3n) is 6.54. The first-order valence-corrected chi connectivity index (χ1v) is 11.4. The molecule has 2 aromatic carbocycles. The lowest BCUT2D eigenvalue weighted by Gasteiger charge is -2.43. The van der Waals surface area contributed by atoms with E-state index in [2.05, 4.69) is 5.32 Å². The highest BCUT2D eigenvalue weighted by molar-refractivity contribution is 5.96. The molecule has 0 unspecified atom stereocenters. The number of rotatable bonds is 5. The van der Waals surface area contributed by atoms with E-state index in [1.165, 1.54) is 0 Å². The summed E-state index contributed by atoms with van der Waals surface area (Å²) in [6.45, 7) is 2.42. The first-order chi connectivity index (χ1) is 15.9. The van der Waals surface area contributed by atoms with E-state index in [4.69, 9.17) is 10.5 Å². The second-order valence-corrected chi connectivity index (χ2v) is 9.16. The number of anilines is 1. The molecule has 0 spiro atoms. The van der Waals surface area contributed by atoms with Crippen LogP contribution >= 0.6 is 0 Å². The van der Waals surface area contributed by atoms with Gasteiger partial charge < -0.3 is 25.6 Å². The van der Waals surface area contributed by atoms with Crippen molar-refractivity contribution < 1.29 is 19.1 Å². The molecular weight excluding hydrogens is 432 g/mol. The summed E-state index contributed by atoms with van der Waals surface area (Å²) in [5, 5.41) is 2.97. The van der Waals surface area contributed by atoms with Gasteiger partial charge in [-0.25, -0.2) is 0 Å². The summed E-state index contributed by atoms with van der Waals surface area (Å²) < 4.78 is 5.09. The lowest BCUT2D eigenvalue weighted by molar-refractivity contribution is -0.155. The maximum Gasteiger partial charge on any atom is 0.253 e. The fourth-order valence-corrected chi connectivity index (χ4v) is 4.23. The molecule has 3 aliphatic rings. The van der Waals surface area contributed by atoms with Crippen molar-refractivity contribution in [3.05, 3.63) is 54.1 Å². The van der Waals surface area contributed by atoms with E-state index in [1.54, 1.807) is 9.80 Å². The van der Waals surface area contributed by atoms with Gasteiger partial charge in [-0.05, 0) is 48.2 Å². The molecular formula is C26H32N4O4. The summed E-state index contributed by atoms with van der Waals surface area (Å²) in [4.78, 5) is 41.0. The van der Waals surface area contributed by atoms with Crippen molar-refractivity contribution in [1.82, 2.24) is 9.80 Å². The highest BCUT2D eigenvalue weighted by Crippen LogP contribution is 2.31. The van der Waals surface area contributed by atoms with Gasteiger partial charge in [0.05, 0.1) is 13.2 Å². The van der Waals surface area contributed by atoms with Crippen LogP contribution in [0.3, 0.4) is 0 Å². The van der Waals surface area contributed by atoms with Gasteiger partial charge in [0.1, 0.15) is 5.54 Å². The molecule has 2 heterocycles. The molecule has 8 nitrogen and oxygen atoms in total. The van der Waals surface area contributed by atoms with E-state index in [-0.39, 0.29) is 44.3 Å². The number of nitrogens with one attached hydrogen (secondary N) is 1. The molecule has 0 aromatic heterocycles. The minimum absolute atomic E-state index is 0. The van der Waals surface area contributed by atoms with E-state index in [0.29, 0.717) is 31.7 Å². The summed E-state index contributed by atoms with van der Waals surface area (Å²) >= 11 is 0. The first kappa shape index (κ1) is 23.9. The van der Waals surface area contributed by atoms with Gasteiger partial charge in [0.25, 0.3) is 5.91 Å². The van der Waals surface area contributed by atoms with Crippen LogP contribution in [0.4, 0.5) is 5.69 Å². The Morgan fingerprint density at radius 2 is 1.56 bits per heavy atom. The number of nitrogens with two attached hydrogens (primary N) is 1. The predicted molar refractivity (Wildman–Crippen MR) is 130 cm³/mol. The summed E-state index contributed by atoms with van der Waals surface area (Å²) in [7, 11) is 0. The van der Waals surface area contributed by atoms with Crippen LogP contribution in [-0.2, 0) is 14.3 Å². The second kappa shape index (κ2) is 9.56. The topological polar surface area (TPSA) is 105 Å². The predicted octanol–water partition coefficient (Wildman–Crippen LogP) is 2.35. The van der Waals surface area contributed by atoms with Crippen molar-refractivity contribution in [3.8, 4) is 11.1 Å². The Hall–Kier alpha value is -3.23. The Morgan fingerprint density at radius 3 is 2.15 bits per heavy atom. The number of carbonyl (C=O) groups excluding carboxylic acids is 3. The second-order valence-electron chi connectivity index (χ2n) is 9.16. The van der Waals surface area contributed by atoms with Crippen molar-refractivity contribution in [2.24, 2.45) is 11.7 Å². The highest BCUT2D eigenvalue weighted by atomic mass is 16.5. The number of carbonyl (C=O) groups is 3. The molecule has 3 amide bonds. The lowest BCUT2D eigenvalue weighted by atomic mass is 9.96. The van der Waals surface area contributed by atoms with Crippen LogP contribution in [0, 0.1) is 5.92 Å². The summed E-state index contributed by atoms with van der Waals surface area (Å²) in [5.74, 6) is 0.0921. The quantitative estimate of drug-likeness (QED) is 0.707. The standard InChI is InChI=1S/C25H28N4O4.CH4/c26-25(15-33-16-25)24(32)29-12-10-28(11-13-29)23(31)19-8-4-17(5-9-19)20-2-1-3-21(14-20)27-22(30)18-6-7-18;/h1-5,8-9,14,18H,6-7,10-13,15-16,26H2,(H,27,30);1H4. The molecule has 0 bridgehead atoms. The van der Waals surface area contributed by atoms with Gasteiger partial charge in [0.2, 0.25) is 11.8 Å². The smallest absolute Gasteiger partial charge is 0.253 e. The average molecular weight is 465 g/mol. The van der Waals surface area contributed by atoms with Crippen molar-refractivity contribution in [3.63, 3.8) is 0 Å². The summed E-state index contributed by atoms with van der Waals surface area (Å²) in [5.41, 5.74) is 8.50. The Balaban J connectivity index is 0.00000274. The van der Waals surface area contributed by atoms with E-state index in [9.17, 15) is 14.4 Å². The molecule has 2 aromatic rings. The van der Waals surface area contributed by atoms with E-state index in [1.807, 2.05) is 48.5 Å². The molecule has 1 aliphatic carbocycles. The van der Waals surface area contributed by atoms with Crippen LogP contribution in [0.2, 0.25) is 0 Å². The fraction of sp³-hybridized carbons (Fsp3) is 0.423. The molecule has 1 saturated carbocycles. The molecule has 8 heteroatoms. The Bertz CT molecular complexity index is 1070. The van der Waals surface area contributed by atoms with Crippen molar-refractivity contribution in [1.29, 1.82) is 0 Å². The maximum atomic E-state index is 13.0. The van der Waals surface area contributed by atoms with Crippen molar-refractivity contribution in [2.45, 2.75) is 25.8 Å². The number of hydrogen-bond acceptors (Lipinski definition) is 5. The largest absolute Gasteiger partial charge is 0.376 e. The minimum atomic E-state index is -0.903. The zero-order valence-electron chi connectivity index (χ0n) is 18.5. The monoisotopic (exact) mass is 464 g/mol. The SMILES string of the molecule is C.NC1(C(=O)N2CCN(C(=O)c3ccc(-c4cccc(NC(=O)C5CC5)c4)cc3)CC2)COC1. The van der Waals surface area contributed by atoms with Crippen LogP contribution in [-0.4, -0.2) is 72.5 Å². The zero-order valence-corrected chi connectivity index (χ0v) is 18.5. The van der Waals surface area contributed by atoms with E-state index >= 15 is 0 Å². The highest BCUT2D eigenvalue weighted by Gasteiger charge is 2.45. The number of nitrogens with zero attached hydrogens (tertiary/aromatic N) is 2. The number of ether oxygens (including phenoxy) is 1. The molecule has 0 atom stereocenters. The summed E-state index contributed by atoms with van der Waals surface area (Å²) in [6.07, 6.45) is 1.93. The van der Waals surface area contributed by atoms with Gasteiger partial charge >= 0.3 is 0 Å². The fourth-order valence-electron chi connectivity index (χ4n) is 4.23. The van der Waals surface area contributed by atoms with Gasteiger partial charge in [0.15, 0.2) is 0 Å². The van der Waals surface area contributed by atoms with Crippen molar-refractivity contribution in [2.75, 3.05) is 44.7 Å². The maximum absolute atomic E-state index is 13.0. The first-order valence-electron chi connectivity index (χ1n) is 11.4. The van der Waals surface area contributed by atoms with Crippen LogP contribution in [0.25, 0.3) is 11.1 Å². The molecule has 3 N–H and O–H groups in total. The third kappa shape index (κ3) is 4.83. The molecule has 180 valence electrons. The number of amides is 3. The minimum Gasteiger partial charge on any atom is -0.376 e. The van der Waals surface area contributed by atoms with Crippen LogP contribution in [0.1, 0.15) is 30.6 Å². The molecule has 5 rings (SSSR count). The number of piperazine rings is 1. The lowest BCUT2D eigenvalue weighted by Crippen LogP contribution is -2.68. The van der Waals surface area contributed by atoms with E-state index in [0.717, 1.165) is 29.7 Å². The average Bonchev–Trinajstić information content (AvgIpc) is 3.68. The Kier molecular flexibility index (Phi) is 6.72. The molecule has 2 saturated heterocycles. The summed E-state index contributed by atoms with van der Waals surface area (Å²) in [6, 6.07) is 15.2. The van der Waals surface area contributed by atoms with Gasteiger partial charge in [0, 0.05) is 43.3 Å². The van der Waals surface area contributed by atoms with E-state index < -0.39 is 5.54 Å².